The van der Waals surface area contributed by atoms with Crippen LogP contribution in [0.1, 0.15) is 36.9 Å². The molecule has 0 bridgehead atoms. The predicted molar refractivity (Wildman–Crippen MR) is 70.7 cm³/mol. The Morgan fingerprint density at radius 1 is 1.22 bits per heavy atom. The lowest BCUT2D eigenvalue weighted by Gasteiger charge is -2.14. The zero-order chi connectivity index (χ0) is 12.2. The summed E-state index contributed by atoms with van der Waals surface area (Å²) in [5.74, 6) is 1.70. The number of hydrogen-bond donors (Lipinski definition) is 1. The maximum absolute atomic E-state index is 5.41. The van der Waals surface area contributed by atoms with Gasteiger partial charge in [0, 0.05) is 30.3 Å². The van der Waals surface area contributed by atoms with Crippen molar-refractivity contribution in [3.63, 3.8) is 0 Å². The van der Waals surface area contributed by atoms with Crippen molar-refractivity contribution in [3.05, 3.63) is 17.6 Å². The molecule has 0 aromatic carbocycles. The Morgan fingerprint density at radius 2 is 2.17 bits per heavy atom. The highest BCUT2D eigenvalue weighted by Crippen LogP contribution is 2.24. The number of nitrogens with one attached hydrogen (secondary N) is 1. The zero-order valence-corrected chi connectivity index (χ0v) is 10.8. The summed E-state index contributed by atoms with van der Waals surface area (Å²) in [6, 6.07) is 0. The fraction of sp³-hybridized carbons (Fsp3) is 0.714. The van der Waals surface area contributed by atoms with E-state index < -0.39 is 0 Å². The maximum atomic E-state index is 5.41. The molecule has 0 radical (unpaired) electrons. The maximum Gasteiger partial charge on any atom is 0.132 e. The first-order valence-electron chi connectivity index (χ1n) is 7.08. The van der Waals surface area contributed by atoms with Gasteiger partial charge in [-0.1, -0.05) is 6.42 Å². The molecule has 1 aromatic heterocycles. The normalized spacial score (nSPS) is 23.4. The highest BCUT2D eigenvalue weighted by molar-refractivity contribution is 5.46. The molecule has 0 amide bonds. The number of aryl methyl sites for hydroxylation is 1. The summed E-state index contributed by atoms with van der Waals surface area (Å²) in [6.07, 6.45) is 8.95. The van der Waals surface area contributed by atoms with Crippen molar-refractivity contribution < 1.29 is 4.74 Å². The lowest BCUT2D eigenvalue weighted by atomic mass is 10.1. The van der Waals surface area contributed by atoms with Crippen LogP contribution in [0.4, 0.5) is 5.82 Å². The summed E-state index contributed by atoms with van der Waals surface area (Å²) in [5.41, 5.74) is 2.61. The second-order valence-electron chi connectivity index (χ2n) is 5.32. The topological polar surface area (TPSA) is 47.0 Å². The minimum Gasteiger partial charge on any atom is -0.381 e. The average Bonchev–Trinajstić information content (AvgIpc) is 2.79. The molecule has 1 aromatic rings. The summed E-state index contributed by atoms with van der Waals surface area (Å²) in [4.78, 5) is 8.88. The molecule has 1 fully saturated rings. The van der Waals surface area contributed by atoms with Gasteiger partial charge in [-0.25, -0.2) is 9.97 Å². The lowest BCUT2D eigenvalue weighted by molar-refractivity contribution is 0.187. The molecule has 2 aliphatic rings. The Hall–Kier alpha value is -1.16. The van der Waals surface area contributed by atoms with Crippen molar-refractivity contribution in [1.82, 2.24) is 9.97 Å². The molecular weight excluding hydrogens is 226 g/mol. The number of anilines is 1. The molecule has 2 heterocycles. The summed E-state index contributed by atoms with van der Waals surface area (Å²) in [5, 5.41) is 3.51. The van der Waals surface area contributed by atoms with E-state index in [2.05, 4.69) is 15.3 Å². The van der Waals surface area contributed by atoms with Crippen LogP contribution in [0.25, 0.3) is 0 Å². The van der Waals surface area contributed by atoms with Crippen LogP contribution in [0.2, 0.25) is 0 Å². The van der Waals surface area contributed by atoms with Gasteiger partial charge in [0.05, 0.1) is 6.61 Å². The third-order valence-electron chi connectivity index (χ3n) is 3.96. The minimum atomic E-state index is 0.640. The fourth-order valence-electron chi connectivity index (χ4n) is 2.84. The fourth-order valence-corrected chi connectivity index (χ4v) is 2.84. The van der Waals surface area contributed by atoms with E-state index in [1.807, 2.05) is 0 Å². The number of hydrogen-bond acceptors (Lipinski definition) is 4. The summed E-state index contributed by atoms with van der Waals surface area (Å²) < 4.78 is 5.41. The second kappa shape index (κ2) is 5.65. The van der Waals surface area contributed by atoms with E-state index in [1.165, 1.54) is 36.9 Å². The Morgan fingerprint density at radius 3 is 3.06 bits per heavy atom. The molecule has 1 atom stereocenters. The van der Waals surface area contributed by atoms with Gasteiger partial charge in [-0.05, 0) is 32.1 Å². The average molecular weight is 247 g/mol. The van der Waals surface area contributed by atoms with Gasteiger partial charge in [-0.3, -0.25) is 0 Å². The molecule has 1 aliphatic heterocycles. The quantitative estimate of drug-likeness (QED) is 0.832. The van der Waals surface area contributed by atoms with E-state index in [9.17, 15) is 0 Å². The number of ether oxygens (including phenoxy) is 1. The summed E-state index contributed by atoms with van der Waals surface area (Å²) in [6.45, 7) is 2.78. The van der Waals surface area contributed by atoms with Crippen LogP contribution in [0.5, 0.6) is 0 Å². The highest BCUT2D eigenvalue weighted by Gasteiger charge is 2.18. The molecule has 4 heteroatoms. The van der Waals surface area contributed by atoms with Crippen molar-refractivity contribution in [2.45, 2.75) is 38.5 Å². The first-order chi connectivity index (χ1) is 8.93. The first kappa shape index (κ1) is 11.9. The van der Waals surface area contributed by atoms with Crippen molar-refractivity contribution in [2.75, 3.05) is 25.1 Å². The van der Waals surface area contributed by atoms with Crippen molar-refractivity contribution in [1.29, 1.82) is 0 Å². The third kappa shape index (κ3) is 2.64. The van der Waals surface area contributed by atoms with Crippen molar-refractivity contribution in [3.8, 4) is 0 Å². The van der Waals surface area contributed by atoms with Gasteiger partial charge in [0.2, 0.25) is 0 Å². The molecule has 1 N–H and O–H groups in total. The molecule has 18 heavy (non-hydrogen) atoms. The predicted octanol–water partition coefficient (Wildman–Crippen LogP) is 2.19. The molecule has 0 saturated carbocycles. The summed E-state index contributed by atoms with van der Waals surface area (Å²) >= 11 is 0. The number of nitrogens with zero attached hydrogens (tertiary/aromatic N) is 2. The van der Waals surface area contributed by atoms with Crippen LogP contribution < -0.4 is 5.32 Å². The highest BCUT2D eigenvalue weighted by atomic mass is 16.5. The van der Waals surface area contributed by atoms with E-state index in [1.54, 1.807) is 6.33 Å². The van der Waals surface area contributed by atoms with Crippen molar-refractivity contribution in [2.24, 2.45) is 5.92 Å². The zero-order valence-electron chi connectivity index (χ0n) is 10.8. The van der Waals surface area contributed by atoms with Crippen LogP contribution >= 0.6 is 0 Å². The second-order valence-corrected chi connectivity index (χ2v) is 5.32. The molecule has 1 unspecified atom stereocenters. The Bertz CT molecular complexity index is 402. The van der Waals surface area contributed by atoms with E-state index in [0.717, 1.165) is 38.4 Å². The van der Waals surface area contributed by atoms with Crippen molar-refractivity contribution >= 4 is 5.82 Å². The molecule has 98 valence electrons. The smallest absolute Gasteiger partial charge is 0.132 e. The van der Waals surface area contributed by atoms with Crippen LogP contribution in [-0.2, 0) is 17.6 Å². The minimum absolute atomic E-state index is 0.640. The van der Waals surface area contributed by atoms with Gasteiger partial charge < -0.3 is 10.1 Å². The number of rotatable bonds is 3. The summed E-state index contributed by atoms with van der Waals surface area (Å²) in [7, 11) is 0. The van der Waals surface area contributed by atoms with Crippen LogP contribution in [0, 0.1) is 5.92 Å². The lowest BCUT2D eigenvalue weighted by Crippen LogP contribution is -2.16. The Balaban J connectivity index is 1.70. The first-order valence-corrected chi connectivity index (χ1v) is 7.08. The van der Waals surface area contributed by atoms with E-state index >= 15 is 0 Å². The van der Waals surface area contributed by atoms with Gasteiger partial charge in [0.1, 0.15) is 12.1 Å². The molecule has 3 rings (SSSR count). The number of fused-ring (bicyclic) bond motifs is 1. The monoisotopic (exact) mass is 247 g/mol. The third-order valence-corrected chi connectivity index (χ3v) is 3.96. The molecular formula is C14H21N3O. The van der Waals surface area contributed by atoms with Crippen LogP contribution in [0.15, 0.2) is 6.33 Å². The van der Waals surface area contributed by atoms with Crippen LogP contribution in [0.3, 0.4) is 0 Å². The van der Waals surface area contributed by atoms with E-state index in [0.29, 0.717) is 5.92 Å². The van der Waals surface area contributed by atoms with Gasteiger partial charge >= 0.3 is 0 Å². The van der Waals surface area contributed by atoms with Gasteiger partial charge in [0.25, 0.3) is 0 Å². The van der Waals surface area contributed by atoms with E-state index in [4.69, 9.17) is 4.74 Å². The Labute approximate surface area is 108 Å². The SMILES string of the molecule is c1nc2c(c(NCC3CCOC3)n1)CCCCC2. The molecule has 4 nitrogen and oxygen atoms in total. The largest absolute Gasteiger partial charge is 0.381 e. The van der Waals surface area contributed by atoms with Gasteiger partial charge in [-0.15, -0.1) is 0 Å². The van der Waals surface area contributed by atoms with Crippen LogP contribution in [-0.4, -0.2) is 29.7 Å². The van der Waals surface area contributed by atoms with Gasteiger partial charge in [0.15, 0.2) is 0 Å². The van der Waals surface area contributed by atoms with Gasteiger partial charge in [-0.2, -0.15) is 0 Å². The van der Waals surface area contributed by atoms with E-state index in [-0.39, 0.29) is 0 Å². The number of aromatic nitrogens is 2. The molecule has 1 aliphatic carbocycles. The molecule has 0 spiro atoms. The standard InChI is InChI=1S/C14H21N3O/c1-2-4-12-13(5-3-1)16-10-17-14(12)15-8-11-6-7-18-9-11/h10-11H,1-9H2,(H,15,16,17). The molecule has 1 saturated heterocycles. The Kier molecular flexibility index (Phi) is 3.74.